The Labute approximate surface area is 105 Å². The van der Waals surface area contributed by atoms with Crippen LogP contribution in [-0.2, 0) is 0 Å². The summed E-state index contributed by atoms with van der Waals surface area (Å²) < 4.78 is 0. The van der Waals surface area contributed by atoms with Gasteiger partial charge in [-0.3, -0.25) is 4.90 Å². The van der Waals surface area contributed by atoms with E-state index >= 15 is 0 Å². The van der Waals surface area contributed by atoms with Crippen LogP contribution in [0.3, 0.4) is 0 Å². The largest absolute Gasteiger partial charge is 0.391 e. The summed E-state index contributed by atoms with van der Waals surface area (Å²) in [4.78, 5) is 2.36. The molecular weight excluding hydrogens is 210 g/mol. The van der Waals surface area contributed by atoms with Gasteiger partial charge >= 0.3 is 0 Å². The van der Waals surface area contributed by atoms with Gasteiger partial charge in [0, 0.05) is 12.1 Å². The molecule has 1 N–H and O–H groups in total. The average molecular weight is 235 g/mol. The Morgan fingerprint density at radius 1 is 0.882 bits per heavy atom. The van der Waals surface area contributed by atoms with E-state index in [9.17, 15) is 5.11 Å². The fourth-order valence-electron chi connectivity index (χ4n) is 2.59. The normalized spacial score (nSPS) is 15.6. The van der Waals surface area contributed by atoms with Gasteiger partial charge in [-0.2, -0.15) is 0 Å². The Morgan fingerprint density at radius 2 is 1.35 bits per heavy atom. The molecule has 2 atom stereocenters. The number of aliphatic hydroxyl groups is 1. The molecule has 0 bridgehead atoms. The smallest absolute Gasteiger partial charge is 0.0709 e. The molecule has 0 saturated carbocycles. The minimum atomic E-state index is -0.373. The second-order valence-electron chi connectivity index (χ2n) is 5.23. The topological polar surface area (TPSA) is 23.5 Å². The van der Waals surface area contributed by atoms with Crippen molar-refractivity contribution in [1.82, 2.24) is 4.90 Å². The van der Waals surface area contributed by atoms with Crippen molar-refractivity contribution in [3.8, 4) is 0 Å². The highest BCUT2D eigenvalue weighted by atomic mass is 16.3. The van der Waals surface area contributed by atoms with Crippen molar-refractivity contribution in [3.05, 3.63) is 35.9 Å². The van der Waals surface area contributed by atoms with Gasteiger partial charge in [-0.25, -0.2) is 0 Å². The van der Waals surface area contributed by atoms with E-state index in [2.05, 4.69) is 44.7 Å². The van der Waals surface area contributed by atoms with Crippen molar-refractivity contribution in [3.63, 3.8) is 0 Å². The van der Waals surface area contributed by atoms with Crippen LogP contribution in [0.2, 0.25) is 0 Å². The van der Waals surface area contributed by atoms with Crippen LogP contribution in [-0.4, -0.2) is 28.2 Å². The van der Waals surface area contributed by atoms with E-state index in [-0.39, 0.29) is 12.1 Å². The van der Waals surface area contributed by atoms with Gasteiger partial charge in [0.15, 0.2) is 0 Å². The van der Waals surface area contributed by atoms with E-state index in [1.165, 1.54) is 5.56 Å². The molecule has 1 aromatic carbocycles. The fraction of sp³-hybridized carbons (Fsp3) is 0.600. The summed E-state index contributed by atoms with van der Waals surface area (Å²) in [5.74, 6) is 0. The van der Waals surface area contributed by atoms with Crippen molar-refractivity contribution in [2.24, 2.45) is 0 Å². The van der Waals surface area contributed by atoms with Crippen LogP contribution in [0.5, 0.6) is 0 Å². The number of hydrogen-bond acceptors (Lipinski definition) is 2. The Bertz CT molecular complexity index is 311. The lowest BCUT2D eigenvalue weighted by Crippen LogP contribution is -2.44. The Balaban J connectivity index is 3.08. The van der Waals surface area contributed by atoms with Crippen molar-refractivity contribution in [2.75, 3.05) is 0 Å². The van der Waals surface area contributed by atoms with Crippen molar-refractivity contribution < 1.29 is 5.11 Å². The average Bonchev–Trinajstić information content (AvgIpc) is 2.25. The molecule has 0 spiro atoms. The maximum absolute atomic E-state index is 10.1. The van der Waals surface area contributed by atoms with Crippen LogP contribution in [0.15, 0.2) is 30.3 Å². The van der Waals surface area contributed by atoms with Crippen molar-refractivity contribution in [1.29, 1.82) is 0 Å². The zero-order valence-corrected chi connectivity index (χ0v) is 11.6. The predicted octanol–water partition coefficient (Wildman–Crippen LogP) is 3.23. The molecule has 0 heterocycles. The summed E-state index contributed by atoms with van der Waals surface area (Å²) in [5, 5.41) is 10.1. The second kappa shape index (κ2) is 6.18. The number of hydrogen-bond donors (Lipinski definition) is 1. The zero-order chi connectivity index (χ0) is 13.0. The van der Waals surface area contributed by atoms with Crippen LogP contribution >= 0.6 is 0 Å². The highest BCUT2D eigenvalue weighted by Gasteiger charge is 2.28. The maximum atomic E-state index is 10.1. The minimum absolute atomic E-state index is 0.0659. The molecule has 1 rings (SSSR count). The Kier molecular flexibility index (Phi) is 5.16. The second-order valence-corrected chi connectivity index (χ2v) is 5.23. The molecule has 0 amide bonds. The van der Waals surface area contributed by atoms with Gasteiger partial charge in [0.25, 0.3) is 0 Å². The molecule has 2 heteroatoms. The van der Waals surface area contributed by atoms with Gasteiger partial charge in [0.05, 0.1) is 12.1 Å². The quantitative estimate of drug-likeness (QED) is 0.847. The van der Waals surface area contributed by atoms with Gasteiger partial charge in [-0.1, -0.05) is 30.3 Å². The summed E-state index contributed by atoms with van der Waals surface area (Å²) in [7, 11) is 0. The van der Waals surface area contributed by atoms with E-state index in [0.717, 1.165) is 0 Å². The molecule has 0 saturated heterocycles. The first-order valence-electron chi connectivity index (χ1n) is 6.45. The first-order chi connectivity index (χ1) is 7.95. The van der Waals surface area contributed by atoms with E-state index in [4.69, 9.17) is 0 Å². The molecule has 0 aliphatic carbocycles. The molecule has 1 aromatic rings. The summed E-state index contributed by atoms with van der Waals surface area (Å²) in [6.45, 7) is 10.6. The molecule has 0 radical (unpaired) electrons. The number of aliphatic hydroxyl groups excluding tert-OH is 1. The first kappa shape index (κ1) is 14.2. The molecule has 0 fully saturated rings. The summed E-state index contributed by atoms with van der Waals surface area (Å²) in [6.07, 6.45) is -0.373. The SMILES string of the molecule is CC(C)N(C(C)C)[C@@H](c1ccccc1)[C@H](C)O. The van der Waals surface area contributed by atoms with Crippen LogP contribution in [0.1, 0.15) is 46.2 Å². The number of nitrogens with zero attached hydrogens (tertiary/aromatic N) is 1. The first-order valence-corrected chi connectivity index (χ1v) is 6.45. The third-order valence-corrected chi connectivity index (χ3v) is 3.11. The number of rotatable bonds is 5. The summed E-state index contributed by atoms with van der Waals surface area (Å²) in [5.41, 5.74) is 1.19. The molecule has 0 aliphatic heterocycles. The van der Waals surface area contributed by atoms with Crippen molar-refractivity contribution in [2.45, 2.75) is 58.8 Å². The molecule has 17 heavy (non-hydrogen) atoms. The van der Waals surface area contributed by atoms with Gasteiger partial charge in [-0.15, -0.1) is 0 Å². The lowest BCUT2D eigenvalue weighted by atomic mass is 9.97. The molecule has 0 unspecified atom stereocenters. The lowest BCUT2D eigenvalue weighted by molar-refractivity contribution is 0.0204. The van der Waals surface area contributed by atoms with E-state index in [0.29, 0.717) is 12.1 Å². The molecule has 96 valence electrons. The number of benzene rings is 1. The standard InChI is InChI=1S/C15H25NO/c1-11(2)16(12(3)4)15(13(5)17)14-9-7-6-8-10-14/h6-13,15,17H,1-5H3/t13-,15+/m0/s1. The van der Waals surface area contributed by atoms with Gasteiger partial charge < -0.3 is 5.11 Å². The van der Waals surface area contributed by atoms with Crippen LogP contribution < -0.4 is 0 Å². The third-order valence-electron chi connectivity index (χ3n) is 3.11. The molecule has 0 aromatic heterocycles. The van der Waals surface area contributed by atoms with E-state index < -0.39 is 0 Å². The highest BCUT2D eigenvalue weighted by molar-refractivity contribution is 5.20. The van der Waals surface area contributed by atoms with E-state index in [1.807, 2.05) is 25.1 Å². The highest BCUT2D eigenvalue weighted by Crippen LogP contribution is 2.28. The van der Waals surface area contributed by atoms with Crippen LogP contribution in [0.25, 0.3) is 0 Å². The minimum Gasteiger partial charge on any atom is -0.391 e. The molecule has 0 aliphatic rings. The van der Waals surface area contributed by atoms with Crippen molar-refractivity contribution >= 4 is 0 Å². The van der Waals surface area contributed by atoms with E-state index in [1.54, 1.807) is 0 Å². The van der Waals surface area contributed by atoms with Gasteiger partial charge in [0.1, 0.15) is 0 Å². The predicted molar refractivity (Wildman–Crippen MR) is 73.0 cm³/mol. The van der Waals surface area contributed by atoms with Gasteiger partial charge in [-0.05, 0) is 40.2 Å². The third kappa shape index (κ3) is 3.55. The summed E-state index contributed by atoms with van der Waals surface area (Å²) >= 11 is 0. The zero-order valence-electron chi connectivity index (χ0n) is 11.6. The molecular formula is C15H25NO. The fourth-order valence-corrected chi connectivity index (χ4v) is 2.59. The Morgan fingerprint density at radius 3 is 1.71 bits per heavy atom. The monoisotopic (exact) mass is 235 g/mol. The van der Waals surface area contributed by atoms with Crippen LogP contribution in [0, 0.1) is 0 Å². The lowest BCUT2D eigenvalue weighted by Gasteiger charge is -2.40. The maximum Gasteiger partial charge on any atom is 0.0709 e. The Hall–Kier alpha value is -0.860. The van der Waals surface area contributed by atoms with Crippen LogP contribution in [0.4, 0.5) is 0 Å². The molecule has 2 nitrogen and oxygen atoms in total. The van der Waals surface area contributed by atoms with Gasteiger partial charge in [0.2, 0.25) is 0 Å². The summed E-state index contributed by atoms with van der Waals surface area (Å²) in [6, 6.07) is 11.1.